The maximum Gasteiger partial charge on any atom is 0.401 e. The Morgan fingerprint density at radius 1 is 1.02 bits per heavy atom. The van der Waals surface area contributed by atoms with E-state index >= 15 is 13.2 Å². The second-order valence-electron chi connectivity index (χ2n) is 13.5. The molecule has 1 saturated carbocycles. The summed E-state index contributed by atoms with van der Waals surface area (Å²) in [5.74, 6) is -3.02. The van der Waals surface area contributed by atoms with Gasteiger partial charge in [-0.1, -0.05) is 113 Å². The van der Waals surface area contributed by atoms with Gasteiger partial charge in [0.2, 0.25) is 0 Å². The first kappa shape index (κ1) is 38.5. The molecule has 0 aromatic heterocycles. The van der Waals surface area contributed by atoms with Gasteiger partial charge in [-0.25, -0.2) is 4.39 Å². The van der Waals surface area contributed by atoms with E-state index in [1.165, 1.54) is 44.2 Å². The molecule has 11 heteroatoms. The van der Waals surface area contributed by atoms with Crippen LogP contribution in [0.2, 0.25) is 15.1 Å². The van der Waals surface area contributed by atoms with Gasteiger partial charge in [-0.2, -0.15) is 13.2 Å². The minimum atomic E-state index is -4.98. The summed E-state index contributed by atoms with van der Waals surface area (Å²) in [5.41, 5.74) is -3.14. The second-order valence-corrected chi connectivity index (χ2v) is 15.5. The maximum absolute atomic E-state index is 15.6. The predicted octanol–water partition coefficient (Wildman–Crippen LogP) is 12.6. The largest absolute Gasteiger partial charge is 0.462 e. The number of hydrogen-bond donors (Lipinski definition) is 0. The van der Waals surface area contributed by atoms with Crippen LogP contribution in [0.4, 0.5) is 17.6 Å². The molecule has 0 spiro atoms. The molecule has 3 nitrogen and oxygen atoms in total. The fourth-order valence-electron chi connectivity index (χ4n) is 7.34. The Kier molecular flexibility index (Phi) is 13.6. The van der Waals surface area contributed by atoms with Crippen LogP contribution in [0.5, 0.6) is 0 Å². The fourth-order valence-corrected chi connectivity index (χ4v) is 8.32. The summed E-state index contributed by atoms with van der Waals surface area (Å²) in [5, 5.41) is -0.449. The molecular formula is C36H43BrCl3F4NO2. The highest BCUT2D eigenvalue weighted by Crippen LogP contribution is 2.54. The molecule has 4 rings (SSSR count). The fraction of sp³-hybridized carbons (Fsp3) is 0.611. The molecule has 2 aromatic rings. The molecule has 260 valence electrons. The van der Waals surface area contributed by atoms with Crippen molar-refractivity contribution in [2.24, 2.45) is 28.7 Å². The van der Waals surface area contributed by atoms with Gasteiger partial charge in [0, 0.05) is 0 Å². The molecule has 47 heavy (non-hydrogen) atoms. The molecule has 0 saturated heterocycles. The average Bonchev–Trinajstić information content (AvgIpc) is 3.43. The molecule has 1 heterocycles. The number of aliphatic imine (C=N–C) groups is 1. The van der Waals surface area contributed by atoms with Crippen molar-refractivity contribution in [2.45, 2.75) is 109 Å². The third-order valence-corrected chi connectivity index (χ3v) is 11.8. The summed E-state index contributed by atoms with van der Waals surface area (Å²) in [7, 11) is 0. The van der Waals surface area contributed by atoms with E-state index in [0.717, 1.165) is 50.3 Å². The van der Waals surface area contributed by atoms with E-state index in [0.29, 0.717) is 12.3 Å². The number of ether oxygens (including phenoxy) is 1. The quantitative estimate of drug-likeness (QED) is 0.0878. The van der Waals surface area contributed by atoms with Crippen LogP contribution in [0.15, 0.2) is 39.8 Å². The van der Waals surface area contributed by atoms with Crippen LogP contribution >= 0.6 is 50.7 Å². The lowest BCUT2D eigenvalue weighted by Gasteiger charge is -2.41. The van der Waals surface area contributed by atoms with E-state index in [4.69, 9.17) is 39.5 Å². The number of alkyl halides is 3. The van der Waals surface area contributed by atoms with E-state index < -0.39 is 41.9 Å². The van der Waals surface area contributed by atoms with Gasteiger partial charge in [0.05, 0.1) is 31.8 Å². The van der Waals surface area contributed by atoms with Gasteiger partial charge in [0.25, 0.3) is 0 Å². The molecule has 1 aliphatic heterocycles. The monoisotopic (exact) mass is 781 g/mol. The third-order valence-electron chi connectivity index (χ3n) is 10.0. The van der Waals surface area contributed by atoms with Crippen molar-refractivity contribution in [1.82, 2.24) is 0 Å². The van der Waals surface area contributed by atoms with Gasteiger partial charge in [-0.15, -0.1) is 0 Å². The van der Waals surface area contributed by atoms with Crippen molar-refractivity contribution in [2.75, 3.05) is 6.54 Å². The van der Waals surface area contributed by atoms with Crippen LogP contribution in [0.25, 0.3) is 0 Å². The number of halogens is 8. The standard InChI is InChI=1S/C36H43BrCl3F4NO2/c1-4-5-6-7-8-9-10-11-22-12-14-25(21(2)3)30(16-22)47-34(46)31-33(23-13-15-29(41)26(37)17-23)45-20-35(31,36(42,43)44)24-18-27(38)32(40)28(39)19-24/h13,15,17-19,21-22,25,30-31H,4-12,14,16,20H2,1-3H3/t22-,25+,30-,31?,35?/m0/s1. The first-order valence-electron chi connectivity index (χ1n) is 16.6. The van der Waals surface area contributed by atoms with Crippen LogP contribution in [0.3, 0.4) is 0 Å². The Bertz CT molecular complexity index is 1410. The molecule has 1 fully saturated rings. The molecule has 2 aliphatic rings. The third kappa shape index (κ3) is 8.69. The molecule has 0 bridgehead atoms. The van der Waals surface area contributed by atoms with E-state index in [2.05, 4.69) is 41.7 Å². The molecule has 2 aromatic carbocycles. The Labute approximate surface area is 299 Å². The van der Waals surface area contributed by atoms with Crippen molar-refractivity contribution in [3.8, 4) is 0 Å². The van der Waals surface area contributed by atoms with Crippen LogP contribution < -0.4 is 0 Å². The van der Waals surface area contributed by atoms with Crippen LogP contribution in [-0.4, -0.2) is 30.5 Å². The molecule has 2 unspecified atom stereocenters. The molecule has 0 amide bonds. The highest BCUT2D eigenvalue weighted by Gasteiger charge is 2.67. The number of rotatable bonds is 13. The number of nitrogens with zero attached hydrogens (tertiary/aromatic N) is 1. The minimum absolute atomic E-state index is 0.00529. The zero-order valence-corrected chi connectivity index (χ0v) is 30.9. The lowest BCUT2D eigenvalue weighted by Crippen LogP contribution is -2.54. The van der Waals surface area contributed by atoms with E-state index in [9.17, 15) is 9.18 Å². The average molecular weight is 784 g/mol. The predicted molar refractivity (Wildman–Crippen MR) is 186 cm³/mol. The van der Waals surface area contributed by atoms with Crippen molar-refractivity contribution in [3.63, 3.8) is 0 Å². The summed E-state index contributed by atoms with van der Waals surface area (Å²) in [6, 6.07) is 5.97. The van der Waals surface area contributed by atoms with E-state index in [-0.39, 0.29) is 48.2 Å². The Morgan fingerprint density at radius 3 is 2.26 bits per heavy atom. The van der Waals surface area contributed by atoms with Gasteiger partial charge in [-0.05, 0) is 88.3 Å². The highest BCUT2D eigenvalue weighted by molar-refractivity contribution is 9.10. The summed E-state index contributed by atoms with van der Waals surface area (Å²) >= 11 is 21.8. The van der Waals surface area contributed by atoms with E-state index in [1.807, 2.05) is 0 Å². The number of carbonyl (C=O) groups is 1. The number of carbonyl (C=O) groups excluding carboxylic acids is 1. The molecule has 0 radical (unpaired) electrons. The van der Waals surface area contributed by atoms with Crippen molar-refractivity contribution < 1.29 is 27.1 Å². The SMILES string of the molecule is CCCCCCCCC[C@H]1CC[C@H](C(C)C)[C@@H](OC(=O)C2C(c3ccc(F)c(Br)c3)=NCC2(c2cc(Cl)c(Cl)c(Cl)c2)C(F)(F)F)C1. The maximum atomic E-state index is 15.6. The number of unbranched alkanes of at least 4 members (excludes halogenated alkanes) is 6. The number of benzene rings is 2. The van der Waals surface area contributed by atoms with Crippen molar-refractivity contribution in [3.05, 3.63) is 66.8 Å². The molecule has 5 atom stereocenters. The zero-order valence-electron chi connectivity index (χ0n) is 27.0. The Morgan fingerprint density at radius 2 is 1.66 bits per heavy atom. The summed E-state index contributed by atoms with van der Waals surface area (Å²) in [6.07, 6.45) is 6.28. The van der Waals surface area contributed by atoms with Crippen LogP contribution in [-0.2, 0) is 14.9 Å². The minimum Gasteiger partial charge on any atom is -0.462 e. The first-order valence-corrected chi connectivity index (χ1v) is 18.6. The summed E-state index contributed by atoms with van der Waals surface area (Å²) < 4.78 is 67.1. The highest BCUT2D eigenvalue weighted by atomic mass is 79.9. The lowest BCUT2D eigenvalue weighted by atomic mass is 9.68. The Balaban J connectivity index is 1.68. The normalized spacial score (nSPS) is 24.9. The smallest absolute Gasteiger partial charge is 0.401 e. The van der Waals surface area contributed by atoms with Gasteiger partial charge in [-0.3, -0.25) is 9.79 Å². The molecule has 0 N–H and O–H groups in total. The van der Waals surface area contributed by atoms with Crippen LogP contribution in [0.1, 0.15) is 103 Å². The molecule has 1 aliphatic carbocycles. The summed E-state index contributed by atoms with van der Waals surface area (Å²) in [6.45, 7) is 5.50. The molecular weight excluding hydrogens is 741 g/mol. The first-order chi connectivity index (χ1) is 22.2. The van der Waals surface area contributed by atoms with Crippen molar-refractivity contribution >= 4 is 62.4 Å². The van der Waals surface area contributed by atoms with Gasteiger partial charge >= 0.3 is 12.1 Å². The van der Waals surface area contributed by atoms with Gasteiger partial charge < -0.3 is 4.74 Å². The van der Waals surface area contributed by atoms with Crippen molar-refractivity contribution in [1.29, 1.82) is 0 Å². The number of hydrogen-bond acceptors (Lipinski definition) is 3. The number of esters is 1. The Hall–Kier alpha value is -1.35. The van der Waals surface area contributed by atoms with Gasteiger partial charge in [0.1, 0.15) is 23.3 Å². The second kappa shape index (κ2) is 16.6. The van der Waals surface area contributed by atoms with Gasteiger partial charge in [0.15, 0.2) is 0 Å². The zero-order chi connectivity index (χ0) is 34.5. The van der Waals surface area contributed by atoms with E-state index in [1.54, 1.807) is 0 Å². The lowest BCUT2D eigenvalue weighted by molar-refractivity contribution is -0.204. The summed E-state index contributed by atoms with van der Waals surface area (Å²) in [4.78, 5) is 18.7. The van der Waals surface area contributed by atoms with Crippen LogP contribution in [0, 0.1) is 29.5 Å². The topological polar surface area (TPSA) is 38.7 Å².